The summed E-state index contributed by atoms with van der Waals surface area (Å²) in [4.78, 5) is 27.2. The topological polar surface area (TPSA) is 46.6 Å². The van der Waals surface area contributed by atoms with E-state index in [9.17, 15) is 9.59 Å². The maximum Gasteiger partial charge on any atom is 0.311 e. The van der Waals surface area contributed by atoms with Gasteiger partial charge in [0.1, 0.15) is 6.10 Å². The van der Waals surface area contributed by atoms with E-state index in [2.05, 4.69) is 0 Å². The molecule has 1 atom stereocenters. The first-order chi connectivity index (χ1) is 12.0. The van der Waals surface area contributed by atoms with Gasteiger partial charge in [0.25, 0.3) is 0 Å². The third kappa shape index (κ3) is 4.42. The molecular formula is C21H29NO3. The van der Waals surface area contributed by atoms with Crippen LogP contribution in [-0.4, -0.2) is 29.4 Å². The second-order valence-corrected chi connectivity index (χ2v) is 8.17. The molecule has 4 heteroatoms. The van der Waals surface area contributed by atoms with Crippen molar-refractivity contribution in [3.05, 3.63) is 35.9 Å². The van der Waals surface area contributed by atoms with Crippen LogP contribution in [0.5, 0.6) is 0 Å². The molecule has 25 heavy (non-hydrogen) atoms. The number of piperidine rings is 1. The Labute approximate surface area is 150 Å². The molecular weight excluding hydrogens is 314 g/mol. The van der Waals surface area contributed by atoms with Gasteiger partial charge in [0.05, 0.1) is 5.92 Å². The molecule has 0 bridgehead atoms. The minimum Gasteiger partial charge on any atom is -0.462 e. The minimum absolute atomic E-state index is 0.0669. The maximum atomic E-state index is 12.8. The first kappa shape index (κ1) is 18.0. The molecule has 0 aromatic heterocycles. The van der Waals surface area contributed by atoms with Crippen LogP contribution in [0.3, 0.4) is 0 Å². The molecule has 1 aromatic rings. The van der Waals surface area contributed by atoms with Gasteiger partial charge in [-0.15, -0.1) is 0 Å². The molecule has 1 saturated heterocycles. The largest absolute Gasteiger partial charge is 0.462 e. The third-order valence-corrected chi connectivity index (χ3v) is 5.64. The van der Waals surface area contributed by atoms with Crippen molar-refractivity contribution in [3.8, 4) is 0 Å². The van der Waals surface area contributed by atoms with Crippen molar-refractivity contribution in [2.45, 2.75) is 65.0 Å². The van der Waals surface area contributed by atoms with Gasteiger partial charge in [-0.3, -0.25) is 9.59 Å². The zero-order valence-electron chi connectivity index (χ0n) is 15.4. The molecule has 1 unspecified atom stereocenters. The number of ether oxygens (including phenoxy) is 1. The Morgan fingerprint density at radius 2 is 1.84 bits per heavy atom. The van der Waals surface area contributed by atoms with E-state index in [1.807, 2.05) is 49.1 Å². The normalized spacial score (nSPS) is 24.2. The van der Waals surface area contributed by atoms with E-state index in [0.29, 0.717) is 19.5 Å². The summed E-state index contributed by atoms with van der Waals surface area (Å²) in [5, 5.41) is 0. The number of esters is 1. The van der Waals surface area contributed by atoms with E-state index < -0.39 is 0 Å². The summed E-state index contributed by atoms with van der Waals surface area (Å²) >= 11 is 0. The molecule has 1 saturated carbocycles. The predicted octanol–water partition coefficient (Wildman–Crippen LogP) is 3.94. The number of rotatable bonds is 4. The fourth-order valence-corrected chi connectivity index (χ4v) is 3.97. The number of nitrogens with zero attached hydrogens (tertiary/aromatic N) is 1. The lowest BCUT2D eigenvalue weighted by atomic mass is 9.73. The number of hydrogen-bond acceptors (Lipinski definition) is 3. The summed E-state index contributed by atoms with van der Waals surface area (Å²) in [6, 6.07) is 9.95. The Morgan fingerprint density at radius 3 is 2.52 bits per heavy atom. The molecule has 3 rings (SSSR count). The Hall–Kier alpha value is -1.84. The first-order valence-electron chi connectivity index (χ1n) is 9.48. The molecule has 1 aliphatic carbocycles. The lowest BCUT2D eigenvalue weighted by Gasteiger charge is -2.42. The van der Waals surface area contributed by atoms with Gasteiger partial charge in [0.2, 0.25) is 5.91 Å². The van der Waals surface area contributed by atoms with Crippen LogP contribution >= 0.6 is 0 Å². The zero-order chi connectivity index (χ0) is 17.9. The highest BCUT2D eigenvalue weighted by Crippen LogP contribution is 2.38. The highest BCUT2D eigenvalue weighted by molar-refractivity contribution is 5.82. The van der Waals surface area contributed by atoms with Gasteiger partial charge < -0.3 is 9.64 Å². The average molecular weight is 343 g/mol. The van der Waals surface area contributed by atoms with Gasteiger partial charge in [0.15, 0.2) is 0 Å². The standard InChI is InChI=1S/C21H29NO3/c1-21(2)13-19(23)22(14-16-9-5-3-6-10-16)15-18(21)20(24)25-17-11-7-4-8-12-17/h3,5-6,9-10,17-18H,4,7-8,11-15H2,1-2H3. The van der Waals surface area contributed by atoms with Crippen molar-refractivity contribution >= 4 is 11.9 Å². The predicted molar refractivity (Wildman–Crippen MR) is 96.7 cm³/mol. The third-order valence-electron chi connectivity index (χ3n) is 5.64. The lowest BCUT2D eigenvalue weighted by molar-refractivity contribution is -0.166. The summed E-state index contributed by atoms with van der Waals surface area (Å²) < 4.78 is 5.82. The summed E-state index contributed by atoms with van der Waals surface area (Å²) in [7, 11) is 0. The number of hydrogen-bond donors (Lipinski definition) is 0. The molecule has 0 N–H and O–H groups in total. The van der Waals surface area contributed by atoms with E-state index >= 15 is 0 Å². The highest BCUT2D eigenvalue weighted by atomic mass is 16.5. The van der Waals surface area contributed by atoms with Gasteiger partial charge >= 0.3 is 5.97 Å². The molecule has 2 aliphatic rings. The van der Waals surface area contributed by atoms with E-state index in [1.165, 1.54) is 6.42 Å². The number of carbonyl (C=O) groups excluding carboxylic acids is 2. The van der Waals surface area contributed by atoms with Crippen molar-refractivity contribution in [3.63, 3.8) is 0 Å². The molecule has 0 spiro atoms. The van der Waals surface area contributed by atoms with Gasteiger partial charge in [-0.1, -0.05) is 50.6 Å². The van der Waals surface area contributed by atoms with Crippen LogP contribution in [0, 0.1) is 11.3 Å². The minimum atomic E-state index is -0.351. The van der Waals surface area contributed by atoms with Crippen LogP contribution in [-0.2, 0) is 20.9 Å². The van der Waals surface area contributed by atoms with E-state index in [1.54, 1.807) is 0 Å². The highest BCUT2D eigenvalue weighted by Gasteiger charge is 2.45. The Bertz CT molecular complexity index is 605. The molecule has 1 aliphatic heterocycles. The van der Waals surface area contributed by atoms with Gasteiger partial charge in [-0.2, -0.15) is 0 Å². The van der Waals surface area contributed by atoms with Crippen molar-refractivity contribution in [2.75, 3.05) is 6.54 Å². The number of likely N-dealkylation sites (tertiary alicyclic amines) is 1. The van der Waals surface area contributed by atoms with Crippen LogP contribution in [0.4, 0.5) is 0 Å². The fourth-order valence-electron chi connectivity index (χ4n) is 3.97. The monoisotopic (exact) mass is 343 g/mol. The fraction of sp³-hybridized carbons (Fsp3) is 0.619. The summed E-state index contributed by atoms with van der Waals surface area (Å²) in [6.07, 6.45) is 5.94. The Morgan fingerprint density at radius 1 is 1.16 bits per heavy atom. The molecule has 0 radical (unpaired) electrons. The Balaban J connectivity index is 1.68. The van der Waals surface area contributed by atoms with Crippen LogP contribution in [0.25, 0.3) is 0 Å². The van der Waals surface area contributed by atoms with Crippen molar-refractivity contribution in [1.29, 1.82) is 0 Å². The van der Waals surface area contributed by atoms with Gasteiger partial charge in [-0.25, -0.2) is 0 Å². The summed E-state index contributed by atoms with van der Waals surface area (Å²) in [6.45, 7) is 5.03. The first-order valence-corrected chi connectivity index (χ1v) is 9.48. The number of amides is 1. The summed E-state index contributed by atoms with van der Waals surface area (Å²) in [5.74, 6) is -0.256. The molecule has 1 amide bonds. The van der Waals surface area contributed by atoms with E-state index in [4.69, 9.17) is 4.74 Å². The Kier molecular flexibility index (Phi) is 5.45. The quantitative estimate of drug-likeness (QED) is 0.778. The number of benzene rings is 1. The molecule has 2 fully saturated rings. The zero-order valence-corrected chi connectivity index (χ0v) is 15.4. The smallest absolute Gasteiger partial charge is 0.311 e. The lowest BCUT2D eigenvalue weighted by Crippen LogP contribution is -2.51. The second-order valence-electron chi connectivity index (χ2n) is 8.17. The molecule has 4 nitrogen and oxygen atoms in total. The maximum absolute atomic E-state index is 12.8. The van der Waals surface area contributed by atoms with Gasteiger partial charge in [0, 0.05) is 19.5 Å². The van der Waals surface area contributed by atoms with E-state index in [-0.39, 0.29) is 29.3 Å². The van der Waals surface area contributed by atoms with Crippen molar-refractivity contribution in [2.24, 2.45) is 11.3 Å². The molecule has 1 heterocycles. The SMILES string of the molecule is CC1(C)CC(=O)N(Cc2ccccc2)CC1C(=O)OC1CCCCC1. The van der Waals surface area contributed by atoms with Crippen molar-refractivity contribution in [1.82, 2.24) is 4.90 Å². The second kappa shape index (κ2) is 7.59. The van der Waals surface area contributed by atoms with E-state index in [0.717, 1.165) is 31.2 Å². The van der Waals surface area contributed by atoms with Crippen LogP contribution in [0.1, 0.15) is 57.9 Å². The van der Waals surface area contributed by atoms with Crippen LogP contribution in [0.15, 0.2) is 30.3 Å². The summed E-state index contributed by atoms with van der Waals surface area (Å²) in [5.41, 5.74) is 0.741. The van der Waals surface area contributed by atoms with Crippen molar-refractivity contribution < 1.29 is 14.3 Å². The number of carbonyl (C=O) groups is 2. The molecule has 1 aromatic carbocycles. The average Bonchev–Trinajstić information content (AvgIpc) is 2.58. The van der Waals surface area contributed by atoms with Crippen LogP contribution < -0.4 is 0 Å². The molecule has 136 valence electrons. The van der Waals surface area contributed by atoms with Gasteiger partial charge in [-0.05, 0) is 36.7 Å². The van der Waals surface area contributed by atoms with Crippen LogP contribution in [0.2, 0.25) is 0 Å².